The second-order valence-corrected chi connectivity index (χ2v) is 19.3. The predicted octanol–water partition coefficient (Wildman–Crippen LogP) is 2.27. The molecule has 1 aliphatic rings. The topological polar surface area (TPSA) is 325 Å². The van der Waals surface area contributed by atoms with E-state index in [1.165, 1.54) is 18.2 Å². The summed E-state index contributed by atoms with van der Waals surface area (Å²) in [7, 11) is -4.18. The normalized spacial score (nSPS) is 13.6. The Kier molecular flexibility index (Phi) is 22.5. The van der Waals surface area contributed by atoms with Gasteiger partial charge in [0, 0.05) is 96.0 Å². The van der Waals surface area contributed by atoms with E-state index in [1.807, 2.05) is 6.92 Å². The molecule has 1 aromatic carbocycles. The van der Waals surface area contributed by atoms with Crippen LogP contribution in [0.1, 0.15) is 110 Å². The molecule has 8 N–H and O–H groups in total. The third-order valence-corrected chi connectivity index (χ3v) is 12.4. The van der Waals surface area contributed by atoms with Crippen LogP contribution in [-0.2, 0) is 57.0 Å². The molecule has 1 fully saturated rings. The number of hydrogen-bond acceptors (Lipinski definition) is 16. The van der Waals surface area contributed by atoms with Crippen molar-refractivity contribution in [1.82, 2.24) is 40.3 Å². The van der Waals surface area contributed by atoms with E-state index in [2.05, 4.69) is 52.1 Å². The van der Waals surface area contributed by atoms with Gasteiger partial charge >= 0.3 is 17.9 Å². The third-order valence-electron chi connectivity index (χ3n) is 11.6. The fourth-order valence-corrected chi connectivity index (χ4v) is 8.26. The number of hydrogen-bond donors (Lipinski definition) is 7. The number of pyridine rings is 3. The van der Waals surface area contributed by atoms with Gasteiger partial charge in [-0.3, -0.25) is 33.6 Å². The molecule has 1 aliphatic heterocycles. The molecule has 5 rings (SSSR count). The molecule has 74 heavy (non-hydrogen) atoms. The molecule has 0 bridgehead atoms. The van der Waals surface area contributed by atoms with Crippen LogP contribution in [0, 0.1) is 11.8 Å². The Morgan fingerprint density at radius 1 is 0.635 bits per heavy atom. The Morgan fingerprint density at radius 2 is 1.07 bits per heavy atom. The zero-order valence-corrected chi connectivity index (χ0v) is 42.1. The van der Waals surface area contributed by atoms with Gasteiger partial charge in [-0.2, -0.15) is 8.42 Å². The zero-order valence-electron chi connectivity index (χ0n) is 41.3. The summed E-state index contributed by atoms with van der Waals surface area (Å²) >= 11 is 0. The summed E-state index contributed by atoms with van der Waals surface area (Å²) in [6.45, 7) is 5.64. The van der Waals surface area contributed by atoms with Crippen LogP contribution in [0.4, 0.5) is 0 Å². The number of nitrogens with zero attached hydrogens (tertiary/aromatic N) is 6. The highest BCUT2D eigenvalue weighted by Crippen LogP contribution is 2.18. The van der Waals surface area contributed by atoms with Crippen molar-refractivity contribution in [2.75, 3.05) is 71.3 Å². The van der Waals surface area contributed by atoms with Crippen LogP contribution >= 0.6 is 0 Å². The molecular formula is C51H63N9O13S. The molecule has 22 nitrogen and oxygen atoms in total. The second-order valence-electron chi connectivity index (χ2n) is 17.7. The van der Waals surface area contributed by atoms with Gasteiger partial charge in [-0.05, 0) is 97.5 Å². The number of benzene rings is 1. The SMILES string of the molecule is CCCCNC(=O)CCc1cc(CN2CCN(Cc3cc(C#Cc4ccc(OCC(=O)CN)cc4)cc(C(=O)O)n3)CCN(Cc3cc(CCC(=O)NCCCS(=O)(=O)O)cc(C(=O)O)n3)CC2)nc(C(=O)O)c1. The molecule has 0 spiro atoms. The van der Waals surface area contributed by atoms with E-state index in [1.54, 1.807) is 42.5 Å². The maximum atomic E-state index is 12.6. The number of carbonyl (C=O) groups excluding carboxylic acids is 3. The summed E-state index contributed by atoms with van der Waals surface area (Å²) in [6, 6.07) is 16.2. The highest BCUT2D eigenvalue weighted by atomic mass is 32.2. The molecule has 23 heteroatoms. The maximum Gasteiger partial charge on any atom is 0.354 e. The average Bonchev–Trinajstić information content (AvgIpc) is 3.45. The van der Waals surface area contributed by atoms with E-state index in [-0.39, 0.29) is 93.8 Å². The average molecular weight is 1040 g/mol. The van der Waals surface area contributed by atoms with Gasteiger partial charge in [-0.15, -0.1) is 0 Å². The van der Waals surface area contributed by atoms with Crippen molar-refractivity contribution in [3.05, 3.63) is 117 Å². The number of carbonyl (C=O) groups is 6. The van der Waals surface area contributed by atoms with Crippen LogP contribution in [0.15, 0.2) is 60.7 Å². The quantitative estimate of drug-likeness (QED) is 0.0269. The van der Waals surface area contributed by atoms with E-state index < -0.39 is 39.7 Å². The maximum absolute atomic E-state index is 12.6. The number of Topliss-reactive ketones (excluding diaryl/α,β-unsaturated/α-hetero) is 1. The van der Waals surface area contributed by atoms with Crippen LogP contribution < -0.4 is 21.1 Å². The minimum Gasteiger partial charge on any atom is -0.486 e. The summed E-state index contributed by atoms with van der Waals surface area (Å²) in [5.41, 5.74) is 8.31. The number of nitrogens with two attached hydrogens (primary N) is 1. The first-order valence-corrected chi connectivity index (χ1v) is 25.8. The minimum atomic E-state index is -4.18. The molecule has 4 aromatic rings. The fraction of sp³-hybridized carbons (Fsp3) is 0.431. The number of ketones is 1. The molecule has 4 heterocycles. The second kappa shape index (κ2) is 28.9. The van der Waals surface area contributed by atoms with Crippen LogP contribution in [0.3, 0.4) is 0 Å². The van der Waals surface area contributed by atoms with E-state index in [4.69, 9.17) is 15.0 Å². The van der Waals surface area contributed by atoms with Crippen LogP contribution in [0.25, 0.3) is 0 Å². The lowest BCUT2D eigenvalue weighted by Crippen LogP contribution is -2.36. The van der Waals surface area contributed by atoms with E-state index in [9.17, 15) is 52.5 Å². The molecule has 3 aromatic heterocycles. The van der Waals surface area contributed by atoms with Gasteiger partial charge in [-0.1, -0.05) is 25.2 Å². The van der Waals surface area contributed by atoms with Gasteiger partial charge < -0.3 is 36.4 Å². The van der Waals surface area contributed by atoms with Gasteiger partial charge in [0.05, 0.1) is 29.4 Å². The molecular weight excluding hydrogens is 979 g/mol. The van der Waals surface area contributed by atoms with E-state index in [0.29, 0.717) is 97.3 Å². The third kappa shape index (κ3) is 20.7. The number of aromatic nitrogens is 3. The Morgan fingerprint density at radius 3 is 1.50 bits per heavy atom. The number of nitrogens with one attached hydrogen (secondary N) is 2. The number of carboxylic acids is 3. The van der Waals surface area contributed by atoms with Gasteiger partial charge in [0.1, 0.15) is 29.4 Å². The molecule has 0 radical (unpaired) electrons. The highest BCUT2D eigenvalue weighted by molar-refractivity contribution is 7.85. The van der Waals surface area contributed by atoms with Crippen molar-refractivity contribution in [3.8, 4) is 17.6 Å². The molecule has 2 amide bonds. The summed E-state index contributed by atoms with van der Waals surface area (Å²) in [4.78, 5) is 93.3. The van der Waals surface area contributed by atoms with Crippen molar-refractivity contribution < 1.29 is 61.8 Å². The molecule has 1 saturated heterocycles. The Hall–Kier alpha value is -7.20. The van der Waals surface area contributed by atoms with Crippen LogP contribution in [0.2, 0.25) is 0 Å². The lowest BCUT2D eigenvalue weighted by molar-refractivity contribution is -0.121. The van der Waals surface area contributed by atoms with E-state index >= 15 is 0 Å². The number of ether oxygens (including phenoxy) is 1. The Bertz CT molecular complexity index is 2800. The largest absolute Gasteiger partial charge is 0.486 e. The monoisotopic (exact) mass is 1040 g/mol. The molecule has 396 valence electrons. The first-order valence-electron chi connectivity index (χ1n) is 24.2. The summed E-state index contributed by atoms with van der Waals surface area (Å²) < 4.78 is 36.5. The van der Waals surface area contributed by atoms with Crippen molar-refractivity contribution >= 4 is 45.6 Å². The number of aryl methyl sites for hydroxylation is 2. The Balaban J connectivity index is 1.40. The number of rotatable bonds is 26. The standard InChI is InChI=1S/C51H63N9O13S/c1-2-3-15-53-47(62)13-9-37-25-40(56-45(28-37)50(66)67)32-59-19-17-58(31-39-24-36(27-44(55-39)49(64)65)6-5-35-7-11-43(12-8-35)73-34-42(61)30-52)18-20-60(22-21-59)33-41-26-38(29-46(57-41)51(68)69)10-14-48(63)54-16-4-23-74(70,71)72/h7-8,11-12,24-29H,2-4,9-10,13-23,30-34,52H2,1H3,(H,53,62)(H,54,63)(H,64,65)(H,66,67)(H,68,69)(H,70,71,72). The molecule has 0 aliphatic carbocycles. The Labute approximate surface area is 429 Å². The summed E-state index contributed by atoms with van der Waals surface area (Å²) in [5.74, 6) is 1.51. The van der Waals surface area contributed by atoms with Gasteiger partial charge in [0.25, 0.3) is 10.1 Å². The number of carboxylic acid groups (broad SMARTS) is 3. The predicted molar refractivity (Wildman–Crippen MR) is 270 cm³/mol. The van der Waals surface area contributed by atoms with Gasteiger partial charge in [-0.25, -0.2) is 29.3 Å². The molecule has 0 atom stereocenters. The van der Waals surface area contributed by atoms with E-state index in [0.717, 1.165) is 12.8 Å². The first-order chi connectivity index (χ1) is 35.3. The molecule has 0 saturated carbocycles. The summed E-state index contributed by atoms with van der Waals surface area (Å²) in [6.07, 6.45) is 2.38. The number of amides is 2. The lowest BCUT2D eigenvalue weighted by Gasteiger charge is -2.26. The van der Waals surface area contributed by atoms with Crippen LogP contribution in [-0.4, -0.2) is 165 Å². The van der Waals surface area contributed by atoms with Crippen molar-refractivity contribution in [3.63, 3.8) is 0 Å². The smallest absolute Gasteiger partial charge is 0.354 e. The highest BCUT2D eigenvalue weighted by Gasteiger charge is 2.22. The summed E-state index contributed by atoms with van der Waals surface area (Å²) in [5, 5.41) is 35.6. The van der Waals surface area contributed by atoms with Gasteiger partial charge in [0.2, 0.25) is 11.8 Å². The van der Waals surface area contributed by atoms with Crippen molar-refractivity contribution in [2.24, 2.45) is 5.73 Å². The van der Waals surface area contributed by atoms with Crippen molar-refractivity contribution in [1.29, 1.82) is 0 Å². The number of aromatic carboxylic acids is 3. The van der Waals surface area contributed by atoms with Gasteiger partial charge in [0.15, 0.2) is 5.78 Å². The number of unbranched alkanes of at least 4 members (excludes halogenated alkanes) is 1. The van der Waals surface area contributed by atoms with Crippen molar-refractivity contribution in [2.45, 2.75) is 71.5 Å². The lowest BCUT2D eigenvalue weighted by atomic mass is 10.1. The molecule has 0 unspecified atom stereocenters. The van der Waals surface area contributed by atoms with Crippen LogP contribution in [0.5, 0.6) is 5.75 Å². The first kappa shape index (κ1) is 57.7. The minimum absolute atomic E-state index is 0.0141. The zero-order chi connectivity index (χ0) is 53.6. The fourth-order valence-electron chi connectivity index (χ4n) is 7.75.